The highest BCUT2D eigenvalue weighted by molar-refractivity contribution is 5.02. The van der Waals surface area contributed by atoms with Gasteiger partial charge in [-0.1, -0.05) is 12.8 Å². The average molecular weight is 111 g/mol. The highest BCUT2D eigenvalue weighted by Crippen LogP contribution is 2.48. The molecule has 2 saturated carbocycles. The minimum Gasteiger partial charge on any atom is -0.327 e. The topological polar surface area (TPSA) is 26.0 Å². The summed E-state index contributed by atoms with van der Waals surface area (Å²) in [6.07, 6.45) is 5.72. The van der Waals surface area contributed by atoms with Gasteiger partial charge in [-0.05, 0) is 24.7 Å². The van der Waals surface area contributed by atoms with Crippen molar-refractivity contribution in [1.82, 2.24) is 0 Å². The predicted molar refractivity (Wildman–Crippen MR) is 33.4 cm³/mol. The zero-order valence-corrected chi connectivity index (χ0v) is 5.14. The minimum absolute atomic E-state index is 0.609. The fraction of sp³-hybridized carbons (Fsp3) is 1.00. The van der Waals surface area contributed by atoms with Crippen molar-refractivity contribution in [3.05, 3.63) is 0 Å². The Labute approximate surface area is 50.3 Å². The van der Waals surface area contributed by atoms with Crippen molar-refractivity contribution in [1.29, 1.82) is 0 Å². The van der Waals surface area contributed by atoms with Gasteiger partial charge in [0.1, 0.15) is 0 Å². The molecule has 0 aromatic rings. The predicted octanol–water partition coefficient (Wildman–Crippen LogP) is 1.13. The molecule has 2 aliphatic rings. The van der Waals surface area contributed by atoms with E-state index in [1.807, 2.05) is 0 Å². The summed E-state index contributed by atoms with van der Waals surface area (Å²) < 4.78 is 0. The first-order valence-electron chi connectivity index (χ1n) is 3.65. The van der Waals surface area contributed by atoms with Gasteiger partial charge in [-0.2, -0.15) is 0 Å². The summed E-state index contributed by atoms with van der Waals surface area (Å²) in [6.45, 7) is 0. The number of fused-ring (bicyclic) bond motifs is 1. The van der Waals surface area contributed by atoms with E-state index in [0.717, 1.165) is 11.8 Å². The van der Waals surface area contributed by atoms with Crippen molar-refractivity contribution in [3.63, 3.8) is 0 Å². The van der Waals surface area contributed by atoms with Crippen molar-refractivity contribution in [2.24, 2.45) is 17.6 Å². The van der Waals surface area contributed by atoms with E-state index in [-0.39, 0.29) is 0 Å². The monoisotopic (exact) mass is 111 g/mol. The van der Waals surface area contributed by atoms with Crippen LogP contribution in [0.2, 0.25) is 0 Å². The first kappa shape index (κ1) is 4.80. The van der Waals surface area contributed by atoms with Gasteiger partial charge in [-0.15, -0.1) is 0 Å². The molecule has 0 aromatic heterocycles. The van der Waals surface area contributed by atoms with Gasteiger partial charge in [0.15, 0.2) is 0 Å². The Morgan fingerprint density at radius 2 is 1.50 bits per heavy atom. The van der Waals surface area contributed by atoms with Gasteiger partial charge < -0.3 is 5.73 Å². The van der Waals surface area contributed by atoms with E-state index >= 15 is 0 Å². The lowest BCUT2D eigenvalue weighted by Gasteiger charge is -2.04. The van der Waals surface area contributed by atoms with E-state index in [9.17, 15) is 0 Å². The average Bonchev–Trinajstić information content (AvgIpc) is 2.46. The van der Waals surface area contributed by atoms with Gasteiger partial charge in [-0.3, -0.25) is 0 Å². The molecule has 1 nitrogen and oxygen atoms in total. The Morgan fingerprint density at radius 3 is 1.88 bits per heavy atom. The molecule has 2 fully saturated rings. The van der Waals surface area contributed by atoms with Crippen molar-refractivity contribution in [3.8, 4) is 0 Å². The minimum atomic E-state index is 0.609. The zero-order valence-electron chi connectivity index (χ0n) is 5.14. The standard InChI is InChI=1S/C7H13N/c8-7-5-3-1-2-4-6(5)7/h5-7H,1-4,8H2/t5-,6?,7?/m0/s1. The summed E-state index contributed by atoms with van der Waals surface area (Å²) in [5.41, 5.74) is 5.77. The molecule has 2 N–H and O–H groups in total. The van der Waals surface area contributed by atoms with Crippen LogP contribution in [0, 0.1) is 11.8 Å². The first-order valence-corrected chi connectivity index (χ1v) is 3.65. The molecule has 0 bridgehead atoms. The molecule has 3 atom stereocenters. The molecule has 1 heteroatoms. The highest BCUT2D eigenvalue weighted by atomic mass is 14.8. The Kier molecular flexibility index (Phi) is 0.884. The van der Waals surface area contributed by atoms with E-state index in [1.165, 1.54) is 25.7 Å². The van der Waals surface area contributed by atoms with Gasteiger partial charge in [0.05, 0.1) is 0 Å². The molecule has 0 radical (unpaired) electrons. The highest BCUT2D eigenvalue weighted by Gasteiger charge is 2.47. The van der Waals surface area contributed by atoms with Crippen molar-refractivity contribution >= 4 is 0 Å². The van der Waals surface area contributed by atoms with E-state index in [0.29, 0.717) is 6.04 Å². The third kappa shape index (κ3) is 0.510. The summed E-state index contributed by atoms with van der Waals surface area (Å²) in [5.74, 6) is 1.90. The SMILES string of the molecule is NC1C2CCCC[C@H]12. The molecule has 2 rings (SSSR count). The largest absolute Gasteiger partial charge is 0.327 e. The van der Waals surface area contributed by atoms with Crippen LogP contribution < -0.4 is 5.73 Å². The fourth-order valence-electron chi connectivity index (χ4n) is 2.05. The third-order valence-electron chi connectivity index (χ3n) is 2.72. The third-order valence-corrected chi connectivity index (χ3v) is 2.72. The molecule has 0 spiro atoms. The maximum Gasteiger partial charge on any atom is 0.0102 e. The summed E-state index contributed by atoms with van der Waals surface area (Å²) in [6, 6.07) is 0.609. The Balaban J connectivity index is 1.97. The lowest BCUT2D eigenvalue weighted by atomic mass is 10.0. The van der Waals surface area contributed by atoms with Crippen LogP contribution in [0.1, 0.15) is 25.7 Å². The Morgan fingerprint density at radius 1 is 1.00 bits per heavy atom. The van der Waals surface area contributed by atoms with E-state index < -0.39 is 0 Å². The summed E-state index contributed by atoms with van der Waals surface area (Å²) in [4.78, 5) is 0. The summed E-state index contributed by atoms with van der Waals surface area (Å²) in [7, 11) is 0. The molecule has 0 saturated heterocycles. The Hall–Kier alpha value is -0.0400. The number of rotatable bonds is 0. The Bertz CT molecular complexity index is 88.6. The zero-order chi connectivity index (χ0) is 5.56. The second kappa shape index (κ2) is 1.47. The van der Waals surface area contributed by atoms with Gasteiger partial charge in [0, 0.05) is 6.04 Å². The molecule has 0 aromatic carbocycles. The van der Waals surface area contributed by atoms with Crippen LogP contribution in [-0.2, 0) is 0 Å². The molecule has 8 heavy (non-hydrogen) atoms. The lowest BCUT2D eigenvalue weighted by molar-refractivity contribution is 0.480. The van der Waals surface area contributed by atoms with Crippen LogP contribution in [0.4, 0.5) is 0 Å². The second-order valence-corrected chi connectivity index (χ2v) is 3.19. The smallest absolute Gasteiger partial charge is 0.0102 e. The normalized spacial score (nSPS) is 52.9. The van der Waals surface area contributed by atoms with Gasteiger partial charge in [0.25, 0.3) is 0 Å². The van der Waals surface area contributed by atoms with E-state index in [1.54, 1.807) is 0 Å². The van der Waals surface area contributed by atoms with Gasteiger partial charge in [0.2, 0.25) is 0 Å². The molecule has 0 amide bonds. The lowest BCUT2D eigenvalue weighted by Crippen LogP contribution is -2.02. The molecule has 2 unspecified atom stereocenters. The molecule has 0 aliphatic heterocycles. The van der Waals surface area contributed by atoms with Gasteiger partial charge in [-0.25, -0.2) is 0 Å². The maximum atomic E-state index is 5.77. The maximum absolute atomic E-state index is 5.77. The first-order chi connectivity index (χ1) is 3.89. The van der Waals surface area contributed by atoms with Crippen LogP contribution >= 0.6 is 0 Å². The van der Waals surface area contributed by atoms with E-state index in [2.05, 4.69) is 0 Å². The molecule has 0 heterocycles. The number of hydrogen-bond acceptors (Lipinski definition) is 1. The molecule has 2 aliphatic carbocycles. The van der Waals surface area contributed by atoms with Crippen LogP contribution in [0.15, 0.2) is 0 Å². The fourth-order valence-corrected chi connectivity index (χ4v) is 2.05. The number of nitrogens with two attached hydrogens (primary N) is 1. The van der Waals surface area contributed by atoms with Crippen molar-refractivity contribution in [2.45, 2.75) is 31.7 Å². The van der Waals surface area contributed by atoms with Crippen molar-refractivity contribution < 1.29 is 0 Å². The number of hydrogen-bond donors (Lipinski definition) is 1. The molecular formula is C7H13N. The van der Waals surface area contributed by atoms with Crippen LogP contribution in [0.5, 0.6) is 0 Å². The molecular weight excluding hydrogens is 98.1 g/mol. The van der Waals surface area contributed by atoms with E-state index in [4.69, 9.17) is 5.73 Å². The summed E-state index contributed by atoms with van der Waals surface area (Å²) >= 11 is 0. The van der Waals surface area contributed by atoms with Crippen LogP contribution in [0.3, 0.4) is 0 Å². The van der Waals surface area contributed by atoms with Crippen LogP contribution in [-0.4, -0.2) is 6.04 Å². The van der Waals surface area contributed by atoms with Gasteiger partial charge >= 0.3 is 0 Å². The summed E-state index contributed by atoms with van der Waals surface area (Å²) in [5, 5.41) is 0. The van der Waals surface area contributed by atoms with Crippen LogP contribution in [0.25, 0.3) is 0 Å². The molecule has 46 valence electrons. The van der Waals surface area contributed by atoms with Crippen molar-refractivity contribution in [2.75, 3.05) is 0 Å². The quantitative estimate of drug-likeness (QED) is 0.498. The second-order valence-electron chi connectivity index (χ2n) is 3.19.